The summed E-state index contributed by atoms with van der Waals surface area (Å²) in [4.78, 5) is 0. The fraction of sp³-hybridized carbons (Fsp3) is 0.216. The standard InChI is InChI=1S/C51H47N/c1-49(2,3)46-37-24-15-16-25-38(37)47(50(4,5)6)40-31-44-41(30-39(40)46)45(32-19-11-9-12-20-32)48(33-21-13-10-14-22-33)52(44)34-27-28-36-35-23-17-18-26-42(35)51(7,8)43(36)29-34/h9-31H,1-8H3. The van der Waals surface area contributed by atoms with Crippen LogP contribution in [0.1, 0.15) is 77.6 Å². The molecule has 256 valence electrons. The molecule has 0 amide bonds. The highest BCUT2D eigenvalue weighted by Gasteiger charge is 2.36. The maximum absolute atomic E-state index is 2.57. The summed E-state index contributed by atoms with van der Waals surface area (Å²) in [6, 6.07) is 52.4. The Hall–Kier alpha value is -5.40. The minimum absolute atomic E-state index is 0.0692. The van der Waals surface area contributed by atoms with Crippen LogP contribution in [0, 0.1) is 0 Å². The highest BCUT2D eigenvalue weighted by molar-refractivity contribution is 6.16. The zero-order valence-electron chi connectivity index (χ0n) is 31.7. The van der Waals surface area contributed by atoms with Crippen LogP contribution in [0.2, 0.25) is 0 Å². The molecule has 1 heterocycles. The SMILES string of the molecule is CC(C)(C)c1c2ccccc2c(C(C)(C)C)c2cc3c(cc12)c(-c1ccccc1)c(-c1ccccc1)n3-c1ccc2c(c1)C(C)(C)c1ccccc1-2. The summed E-state index contributed by atoms with van der Waals surface area (Å²) in [5, 5.41) is 6.68. The number of hydrogen-bond donors (Lipinski definition) is 0. The Morgan fingerprint density at radius 3 is 1.58 bits per heavy atom. The molecule has 8 aromatic rings. The van der Waals surface area contributed by atoms with Crippen molar-refractivity contribution in [3.05, 3.63) is 162 Å². The zero-order chi connectivity index (χ0) is 36.2. The maximum atomic E-state index is 2.57. The van der Waals surface area contributed by atoms with Gasteiger partial charge in [0.2, 0.25) is 0 Å². The lowest BCUT2D eigenvalue weighted by Gasteiger charge is -2.30. The minimum atomic E-state index is -0.104. The quantitative estimate of drug-likeness (QED) is 0.165. The van der Waals surface area contributed by atoms with Gasteiger partial charge in [0.05, 0.1) is 11.2 Å². The van der Waals surface area contributed by atoms with E-state index in [0.717, 1.165) is 0 Å². The van der Waals surface area contributed by atoms with E-state index in [0.29, 0.717) is 0 Å². The van der Waals surface area contributed by atoms with E-state index in [4.69, 9.17) is 0 Å². The third-order valence-electron chi connectivity index (χ3n) is 11.5. The summed E-state index contributed by atoms with van der Waals surface area (Å²) in [5.74, 6) is 0. The summed E-state index contributed by atoms with van der Waals surface area (Å²) >= 11 is 0. The smallest absolute Gasteiger partial charge is 0.0619 e. The van der Waals surface area contributed by atoms with Crippen LogP contribution in [-0.2, 0) is 16.2 Å². The van der Waals surface area contributed by atoms with Crippen LogP contribution in [0.5, 0.6) is 0 Å². The number of aromatic nitrogens is 1. The van der Waals surface area contributed by atoms with Crippen LogP contribution in [0.4, 0.5) is 0 Å². The Kier molecular flexibility index (Phi) is 7.06. The Morgan fingerprint density at radius 2 is 0.962 bits per heavy atom. The molecule has 1 nitrogen and oxygen atoms in total. The van der Waals surface area contributed by atoms with Gasteiger partial charge >= 0.3 is 0 Å². The van der Waals surface area contributed by atoms with Crippen molar-refractivity contribution in [3.8, 4) is 39.2 Å². The average Bonchev–Trinajstić information content (AvgIpc) is 3.57. The second-order valence-electron chi connectivity index (χ2n) is 17.4. The van der Waals surface area contributed by atoms with Crippen LogP contribution in [0.3, 0.4) is 0 Å². The first kappa shape index (κ1) is 32.5. The van der Waals surface area contributed by atoms with Gasteiger partial charge in [-0.2, -0.15) is 0 Å². The first-order chi connectivity index (χ1) is 24.9. The number of rotatable bonds is 3. The predicted octanol–water partition coefficient (Wildman–Crippen LogP) is 14.2. The molecular weight excluding hydrogens is 627 g/mol. The zero-order valence-corrected chi connectivity index (χ0v) is 31.7. The number of hydrogen-bond acceptors (Lipinski definition) is 0. The molecule has 0 fully saturated rings. The van der Waals surface area contributed by atoms with Gasteiger partial charge in [0.1, 0.15) is 0 Å². The Balaban J connectivity index is 1.51. The molecule has 0 spiro atoms. The molecule has 1 aromatic heterocycles. The molecule has 0 bridgehead atoms. The molecule has 0 atom stereocenters. The summed E-state index contributed by atoms with van der Waals surface area (Å²) in [5.41, 5.74) is 15.4. The highest BCUT2D eigenvalue weighted by Crippen LogP contribution is 2.52. The normalized spacial score (nSPS) is 13.9. The molecule has 0 aliphatic heterocycles. The molecule has 0 saturated carbocycles. The van der Waals surface area contributed by atoms with E-state index in [1.807, 2.05) is 0 Å². The van der Waals surface area contributed by atoms with E-state index < -0.39 is 0 Å². The van der Waals surface area contributed by atoms with Crippen molar-refractivity contribution in [1.82, 2.24) is 4.57 Å². The van der Waals surface area contributed by atoms with Crippen LogP contribution < -0.4 is 0 Å². The van der Waals surface area contributed by atoms with Crippen molar-refractivity contribution < 1.29 is 0 Å². The van der Waals surface area contributed by atoms with Gasteiger partial charge in [-0.05, 0) is 101 Å². The van der Waals surface area contributed by atoms with Crippen LogP contribution in [0.25, 0.3) is 71.6 Å². The molecule has 0 unspecified atom stereocenters. The van der Waals surface area contributed by atoms with Gasteiger partial charge in [-0.25, -0.2) is 0 Å². The number of nitrogens with zero attached hydrogens (tertiary/aromatic N) is 1. The first-order valence-electron chi connectivity index (χ1n) is 18.8. The Bertz CT molecular complexity index is 2690. The summed E-state index contributed by atoms with van der Waals surface area (Å²) in [6.07, 6.45) is 0. The lowest BCUT2D eigenvalue weighted by molar-refractivity contribution is 0.593. The van der Waals surface area contributed by atoms with Crippen molar-refractivity contribution in [2.75, 3.05) is 0 Å². The lowest BCUT2D eigenvalue weighted by atomic mass is 9.74. The molecule has 0 saturated heterocycles. The van der Waals surface area contributed by atoms with Crippen LogP contribution in [-0.4, -0.2) is 4.57 Å². The summed E-state index contributed by atoms with van der Waals surface area (Å²) in [7, 11) is 0. The van der Waals surface area contributed by atoms with E-state index in [2.05, 4.69) is 199 Å². The molecule has 1 aliphatic carbocycles. The molecule has 0 N–H and O–H groups in total. The van der Waals surface area contributed by atoms with Gasteiger partial charge in [-0.15, -0.1) is 0 Å². The monoisotopic (exact) mass is 673 g/mol. The van der Waals surface area contributed by atoms with E-state index in [1.54, 1.807) is 0 Å². The molecule has 1 aliphatic rings. The summed E-state index contributed by atoms with van der Waals surface area (Å²) in [6.45, 7) is 19.0. The van der Waals surface area contributed by atoms with Crippen molar-refractivity contribution in [1.29, 1.82) is 0 Å². The average molecular weight is 674 g/mol. The number of benzene rings is 7. The van der Waals surface area contributed by atoms with Gasteiger partial charge in [-0.1, -0.05) is 171 Å². The van der Waals surface area contributed by atoms with Crippen molar-refractivity contribution in [2.45, 2.75) is 71.6 Å². The van der Waals surface area contributed by atoms with E-state index >= 15 is 0 Å². The van der Waals surface area contributed by atoms with Crippen molar-refractivity contribution >= 4 is 32.4 Å². The van der Waals surface area contributed by atoms with Crippen molar-refractivity contribution in [2.24, 2.45) is 0 Å². The summed E-state index contributed by atoms with van der Waals surface area (Å²) < 4.78 is 2.57. The molecule has 1 heteroatoms. The minimum Gasteiger partial charge on any atom is -0.309 e. The first-order valence-corrected chi connectivity index (χ1v) is 18.8. The third-order valence-corrected chi connectivity index (χ3v) is 11.5. The van der Waals surface area contributed by atoms with Crippen molar-refractivity contribution in [3.63, 3.8) is 0 Å². The third kappa shape index (κ3) is 4.75. The predicted molar refractivity (Wildman–Crippen MR) is 224 cm³/mol. The highest BCUT2D eigenvalue weighted by atomic mass is 15.0. The second-order valence-corrected chi connectivity index (χ2v) is 17.4. The lowest BCUT2D eigenvalue weighted by Crippen LogP contribution is -2.17. The molecule has 52 heavy (non-hydrogen) atoms. The molecule has 7 aromatic carbocycles. The Morgan fingerprint density at radius 1 is 0.442 bits per heavy atom. The second kappa shape index (κ2) is 11.3. The van der Waals surface area contributed by atoms with E-state index in [1.165, 1.54) is 93.9 Å². The maximum Gasteiger partial charge on any atom is 0.0619 e. The van der Waals surface area contributed by atoms with Crippen LogP contribution in [0.15, 0.2) is 140 Å². The molecular formula is C51H47N. The van der Waals surface area contributed by atoms with Gasteiger partial charge in [0, 0.05) is 22.1 Å². The topological polar surface area (TPSA) is 4.93 Å². The molecule has 0 radical (unpaired) electrons. The fourth-order valence-corrected chi connectivity index (χ4v) is 9.44. The van der Waals surface area contributed by atoms with Gasteiger partial charge in [0.25, 0.3) is 0 Å². The van der Waals surface area contributed by atoms with Gasteiger partial charge in [-0.3, -0.25) is 0 Å². The van der Waals surface area contributed by atoms with Gasteiger partial charge in [0.15, 0.2) is 0 Å². The largest absolute Gasteiger partial charge is 0.309 e. The van der Waals surface area contributed by atoms with Crippen LogP contribution >= 0.6 is 0 Å². The van der Waals surface area contributed by atoms with Gasteiger partial charge < -0.3 is 4.57 Å². The fourth-order valence-electron chi connectivity index (χ4n) is 9.44. The van der Waals surface area contributed by atoms with E-state index in [-0.39, 0.29) is 16.2 Å². The number of fused-ring (bicyclic) bond motifs is 6. The molecule has 9 rings (SSSR count). The van der Waals surface area contributed by atoms with E-state index in [9.17, 15) is 0 Å². The Labute approximate surface area is 308 Å².